The van der Waals surface area contributed by atoms with Crippen LogP contribution in [0.15, 0.2) is 0 Å². The molecular formula is C5H11NOS. The Hall–Kier alpha value is 0.270. The SMILES string of the molecule is CS[C@@H]1CNCCO1. The number of hydrogen-bond acceptors (Lipinski definition) is 3. The predicted molar refractivity (Wildman–Crippen MR) is 36.1 cm³/mol. The van der Waals surface area contributed by atoms with Gasteiger partial charge in [0.2, 0.25) is 0 Å². The Labute approximate surface area is 54.0 Å². The fourth-order valence-corrected chi connectivity index (χ4v) is 1.21. The largest absolute Gasteiger partial charge is 0.365 e. The molecule has 3 heteroatoms. The lowest BCUT2D eigenvalue weighted by molar-refractivity contribution is 0.0855. The molecule has 1 saturated heterocycles. The van der Waals surface area contributed by atoms with E-state index in [2.05, 4.69) is 11.6 Å². The predicted octanol–water partition coefficient (Wildman–Crippen LogP) is 0.295. The summed E-state index contributed by atoms with van der Waals surface area (Å²) in [5, 5.41) is 3.24. The first-order valence-electron chi connectivity index (χ1n) is 2.78. The normalized spacial score (nSPS) is 30.4. The second-order valence-electron chi connectivity index (χ2n) is 1.74. The number of hydrogen-bond donors (Lipinski definition) is 1. The molecule has 1 heterocycles. The first kappa shape index (κ1) is 6.39. The summed E-state index contributed by atoms with van der Waals surface area (Å²) in [6.07, 6.45) is 2.07. The van der Waals surface area contributed by atoms with Gasteiger partial charge in [-0.25, -0.2) is 0 Å². The zero-order valence-corrected chi connectivity index (χ0v) is 5.83. The molecule has 0 aliphatic carbocycles. The Kier molecular flexibility index (Phi) is 2.66. The molecule has 0 unspecified atom stereocenters. The van der Waals surface area contributed by atoms with Crippen LogP contribution in [-0.4, -0.2) is 31.4 Å². The van der Waals surface area contributed by atoms with Crippen molar-refractivity contribution in [3.8, 4) is 0 Å². The van der Waals surface area contributed by atoms with Crippen molar-refractivity contribution in [3.05, 3.63) is 0 Å². The topological polar surface area (TPSA) is 21.3 Å². The molecule has 0 aromatic heterocycles. The molecular weight excluding hydrogens is 122 g/mol. The van der Waals surface area contributed by atoms with Crippen LogP contribution < -0.4 is 5.32 Å². The van der Waals surface area contributed by atoms with E-state index in [4.69, 9.17) is 4.74 Å². The molecule has 1 fully saturated rings. The van der Waals surface area contributed by atoms with Crippen molar-refractivity contribution in [2.75, 3.05) is 26.0 Å². The van der Waals surface area contributed by atoms with Crippen molar-refractivity contribution in [1.29, 1.82) is 0 Å². The summed E-state index contributed by atoms with van der Waals surface area (Å²) in [7, 11) is 0. The number of thioether (sulfide) groups is 1. The summed E-state index contributed by atoms with van der Waals surface area (Å²) < 4.78 is 5.33. The van der Waals surface area contributed by atoms with Crippen molar-refractivity contribution in [2.45, 2.75) is 5.44 Å². The van der Waals surface area contributed by atoms with Gasteiger partial charge in [0, 0.05) is 13.1 Å². The van der Waals surface area contributed by atoms with Crippen LogP contribution in [0.4, 0.5) is 0 Å². The number of nitrogens with one attached hydrogen (secondary N) is 1. The van der Waals surface area contributed by atoms with Gasteiger partial charge in [-0.15, -0.1) is 11.8 Å². The van der Waals surface area contributed by atoms with Crippen LogP contribution in [0.2, 0.25) is 0 Å². The first-order valence-corrected chi connectivity index (χ1v) is 4.07. The molecule has 48 valence electrons. The third-order valence-corrected chi connectivity index (χ3v) is 1.99. The molecule has 0 bridgehead atoms. The maximum absolute atomic E-state index is 5.33. The molecule has 0 amide bonds. The van der Waals surface area contributed by atoms with Crippen LogP contribution in [0, 0.1) is 0 Å². The third-order valence-electron chi connectivity index (χ3n) is 1.16. The van der Waals surface area contributed by atoms with Crippen LogP contribution in [0.3, 0.4) is 0 Å². The second-order valence-corrected chi connectivity index (χ2v) is 2.74. The van der Waals surface area contributed by atoms with E-state index in [9.17, 15) is 0 Å². The fourth-order valence-electron chi connectivity index (χ4n) is 0.693. The van der Waals surface area contributed by atoms with Crippen LogP contribution in [-0.2, 0) is 4.74 Å². The fraction of sp³-hybridized carbons (Fsp3) is 1.00. The van der Waals surface area contributed by atoms with Crippen molar-refractivity contribution >= 4 is 11.8 Å². The molecule has 0 saturated carbocycles. The molecule has 8 heavy (non-hydrogen) atoms. The summed E-state index contributed by atoms with van der Waals surface area (Å²) in [6, 6.07) is 0. The number of rotatable bonds is 1. The van der Waals surface area contributed by atoms with Gasteiger partial charge in [-0.3, -0.25) is 0 Å². The van der Waals surface area contributed by atoms with Gasteiger partial charge in [-0.2, -0.15) is 0 Å². The Morgan fingerprint density at radius 2 is 2.62 bits per heavy atom. The van der Waals surface area contributed by atoms with Crippen molar-refractivity contribution in [3.63, 3.8) is 0 Å². The summed E-state index contributed by atoms with van der Waals surface area (Å²) in [5.74, 6) is 0. The van der Waals surface area contributed by atoms with Crippen LogP contribution in [0.1, 0.15) is 0 Å². The maximum Gasteiger partial charge on any atom is 0.115 e. The third kappa shape index (κ3) is 1.65. The quantitative estimate of drug-likeness (QED) is 0.555. The number of morpholine rings is 1. The van der Waals surface area contributed by atoms with Gasteiger partial charge in [0.15, 0.2) is 0 Å². The number of ether oxygens (including phenoxy) is 1. The van der Waals surface area contributed by atoms with E-state index in [-0.39, 0.29) is 0 Å². The van der Waals surface area contributed by atoms with E-state index in [0.29, 0.717) is 5.44 Å². The minimum absolute atomic E-state index is 0.392. The highest BCUT2D eigenvalue weighted by molar-refractivity contribution is 7.99. The van der Waals surface area contributed by atoms with E-state index in [0.717, 1.165) is 19.7 Å². The monoisotopic (exact) mass is 133 g/mol. The highest BCUT2D eigenvalue weighted by Crippen LogP contribution is 2.08. The molecule has 1 aliphatic rings. The zero-order valence-electron chi connectivity index (χ0n) is 5.02. The van der Waals surface area contributed by atoms with Crippen LogP contribution >= 0.6 is 11.8 Å². The average molecular weight is 133 g/mol. The van der Waals surface area contributed by atoms with E-state index in [1.807, 2.05) is 0 Å². The van der Waals surface area contributed by atoms with Gasteiger partial charge >= 0.3 is 0 Å². The van der Waals surface area contributed by atoms with Gasteiger partial charge in [-0.1, -0.05) is 0 Å². The van der Waals surface area contributed by atoms with Crippen LogP contribution in [0.5, 0.6) is 0 Å². The minimum atomic E-state index is 0.392. The zero-order chi connectivity index (χ0) is 5.82. The maximum atomic E-state index is 5.33. The van der Waals surface area contributed by atoms with E-state index in [1.165, 1.54) is 0 Å². The lowest BCUT2D eigenvalue weighted by atomic mass is 10.5. The van der Waals surface area contributed by atoms with E-state index < -0.39 is 0 Å². The van der Waals surface area contributed by atoms with E-state index in [1.54, 1.807) is 11.8 Å². The summed E-state index contributed by atoms with van der Waals surface area (Å²) in [4.78, 5) is 0. The molecule has 1 atom stereocenters. The summed E-state index contributed by atoms with van der Waals surface area (Å²) >= 11 is 1.76. The Morgan fingerprint density at radius 3 is 3.00 bits per heavy atom. The lowest BCUT2D eigenvalue weighted by Gasteiger charge is -2.21. The molecule has 2 nitrogen and oxygen atoms in total. The van der Waals surface area contributed by atoms with Crippen molar-refractivity contribution < 1.29 is 4.74 Å². The molecule has 1 aliphatic heterocycles. The molecule has 0 spiro atoms. The first-order chi connectivity index (χ1) is 3.93. The van der Waals surface area contributed by atoms with Crippen molar-refractivity contribution in [1.82, 2.24) is 5.32 Å². The van der Waals surface area contributed by atoms with Gasteiger partial charge in [-0.05, 0) is 6.26 Å². The van der Waals surface area contributed by atoms with Crippen molar-refractivity contribution in [2.24, 2.45) is 0 Å². The molecule has 1 rings (SSSR count). The highest BCUT2D eigenvalue weighted by Gasteiger charge is 2.09. The summed E-state index contributed by atoms with van der Waals surface area (Å²) in [6.45, 7) is 2.88. The van der Waals surface area contributed by atoms with E-state index >= 15 is 0 Å². The Balaban J connectivity index is 2.13. The summed E-state index contributed by atoms with van der Waals surface area (Å²) in [5.41, 5.74) is 0.392. The van der Waals surface area contributed by atoms with Crippen LogP contribution in [0.25, 0.3) is 0 Å². The molecule has 1 N–H and O–H groups in total. The Morgan fingerprint density at radius 1 is 1.75 bits per heavy atom. The average Bonchev–Trinajstić information content (AvgIpc) is 1.90. The highest BCUT2D eigenvalue weighted by atomic mass is 32.2. The lowest BCUT2D eigenvalue weighted by Crippen LogP contribution is -2.36. The molecule has 0 radical (unpaired) electrons. The smallest absolute Gasteiger partial charge is 0.115 e. The van der Waals surface area contributed by atoms with Gasteiger partial charge in [0.1, 0.15) is 5.44 Å². The molecule has 0 aromatic rings. The Bertz CT molecular complexity index is 63.4. The second kappa shape index (κ2) is 3.33. The van der Waals surface area contributed by atoms with Gasteiger partial charge in [0.25, 0.3) is 0 Å². The van der Waals surface area contributed by atoms with Gasteiger partial charge in [0.05, 0.1) is 6.61 Å². The van der Waals surface area contributed by atoms with Gasteiger partial charge < -0.3 is 10.1 Å². The minimum Gasteiger partial charge on any atom is -0.365 e. The molecule has 0 aromatic carbocycles. The standard InChI is InChI=1S/C5H11NOS/c1-8-5-4-6-2-3-7-5/h5-6H,2-4H2,1H3/t5-/m1/s1.